The molecule has 2 heterocycles. The zero-order chi connectivity index (χ0) is 18.6. The van der Waals surface area contributed by atoms with Crippen molar-refractivity contribution in [1.29, 1.82) is 0 Å². The van der Waals surface area contributed by atoms with Crippen LogP contribution in [0.3, 0.4) is 0 Å². The van der Waals surface area contributed by atoms with Crippen molar-refractivity contribution < 1.29 is 19.0 Å². The van der Waals surface area contributed by atoms with Crippen LogP contribution < -0.4 is 24.8 Å². The van der Waals surface area contributed by atoms with Crippen molar-refractivity contribution in [3.63, 3.8) is 0 Å². The number of fused-ring (bicyclic) bond motifs is 1. The molecule has 1 aromatic carbocycles. The smallest absolute Gasteiger partial charge is 0.319 e. The first kappa shape index (κ1) is 17.5. The first-order valence-electron chi connectivity index (χ1n) is 9.25. The van der Waals surface area contributed by atoms with Crippen LogP contribution in [0.4, 0.5) is 10.5 Å². The van der Waals surface area contributed by atoms with E-state index in [1.807, 2.05) is 24.3 Å². The molecule has 0 radical (unpaired) electrons. The lowest BCUT2D eigenvalue weighted by Crippen LogP contribution is -2.36. The molecule has 4 rings (SSSR count). The van der Waals surface area contributed by atoms with Gasteiger partial charge in [0.25, 0.3) is 0 Å². The first-order chi connectivity index (χ1) is 13.2. The van der Waals surface area contributed by atoms with E-state index >= 15 is 0 Å². The lowest BCUT2D eigenvalue weighted by Gasteiger charge is -2.21. The van der Waals surface area contributed by atoms with Crippen molar-refractivity contribution in [2.45, 2.75) is 31.7 Å². The summed E-state index contributed by atoms with van der Waals surface area (Å²) in [4.78, 5) is 16.8. The summed E-state index contributed by atoms with van der Waals surface area (Å²) >= 11 is 0. The lowest BCUT2D eigenvalue weighted by atomic mass is 10.1. The number of carbonyl (C=O) groups is 1. The summed E-state index contributed by atoms with van der Waals surface area (Å²) in [6.07, 6.45) is 4.40. The third-order valence-corrected chi connectivity index (χ3v) is 4.80. The van der Waals surface area contributed by atoms with Crippen molar-refractivity contribution in [3.8, 4) is 28.6 Å². The fourth-order valence-corrected chi connectivity index (χ4v) is 3.52. The summed E-state index contributed by atoms with van der Waals surface area (Å²) in [5.41, 5.74) is 2.06. The summed E-state index contributed by atoms with van der Waals surface area (Å²) in [5, 5.41) is 5.91. The van der Waals surface area contributed by atoms with Crippen molar-refractivity contribution in [1.82, 2.24) is 10.3 Å². The molecule has 0 atom stereocenters. The lowest BCUT2D eigenvalue weighted by molar-refractivity contribution is 0.172. The van der Waals surface area contributed by atoms with Crippen molar-refractivity contribution in [2.75, 3.05) is 25.6 Å². The molecule has 2 aliphatic rings. The second-order valence-electron chi connectivity index (χ2n) is 6.69. The maximum atomic E-state index is 12.3. The second kappa shape index (κ2) is 7.73. The topological polar surface area (TPSA) is 81.7 Å². The minimum atomic E-state index is -0.212. The van der Waals surface area contributed by atoms with Crippen LogP contribution in [-0.4, -0.2) is 37.4 Å². The van der Waals surface area contributed by atoms with Gasteiger partial charge >= 0.3 is 6.03 Å². The number of ether oxygens (including phenoxy) is 3. The number of nitrogens with one attached hydrogen (secondary N) is 2. The van der Waals surface area contributed by atoms with Crippen LogP contribution in [0.1, 0.15) is 25.7 Å². The highest BCUT2D eigenvalue weighted by Crippen LogP contribution is 2.40. The van der Waals surface area contributed by atoms with Gasteiger partial charge in [0.2, 0.25) is 5.88 Å². The zero-order valence-corrected chi connectivity index (χ0v) is 15.3. The minimum Gasteiger partial charge on any atom is -0.486 e. The van der Waals surface area contributed by atoms with Gasteiger partial charge in [-0.15, -0.1) is 0 Å². The summed E-state index contributed by atoms with van der Waals surface area (Å²) in [6.45, 7) is 1.01. The molecule has 0 unspecified atom stereocenters. The molecule has 1 aliphatic carbocycles. The molecule has 2 amide bonds. The number of benzene rings is 1. The normalized spacial score (nSPS) is 16.0. The molecule has 1 aliphatic heterocycles. The first-order valence-corrected chi connectivity index (χ1v) is 9.25. The summed E-state index contributed by atoms with van der Waals surface area (Å²) in [7, 11) is 1.55. The number of hydrogen-bond donors (Lipinski definition) is 2. The summed E-state index contributed by atoms with van der Waals surface area (Å²) in [6, 6.07) is 9.22. The van der Waals surface area contributed by atoms with E-state index in [2.05, 4.69) is 15.6 Å². The molecule has 2 N–H and O–H groups in total. The molecule has 7 nitrogen and oxygen atoms in total. The standard InChI is InChI=1S/C20H23N3O4/c1-25-18-12-14(22-20(24)21-13-5-2-3-6-13)11-16(23-18)15-7-4-8-17-19(15)27-10-9-26-17/h4,7-8,11-13H,2-3,5-6,9-10H2,1H3,(H2,21,22,23,24). The van der Waals surface area contributed by atoms with E-state index in [4.69, 9.17) is 14.2 Å². The van der Waals surface area contributed by atoms with Gasteiger partial charge in [0.15, 0.2) is 11.5 Å². The van der Waals surface area contributed by atoms with Gasteiger partial charge in [0.1, 0.15) is 13.2 Å². The Morgan fingerprint density at radius 2 is 2.00 bits per heavy atom. The predicted octanol–water partition coefficient (Wildman–Crippen LogP) is 3.59. The Kier molecular flexibility index (Phi) is 5.00. The molecule has 0 bridgehead atoms. The van der Waals surface area contributed by atoms with Crippen LogP contribution in [0, 0.1) is 0 Å². The van der Waals surface area contributed by atoms with E-state index in [9.17, 15) is 4.79 Å². The fraction of sp³-hybridized carbons (Fsp3) is 0.400. The third kappa shape index (κ3) is 3.92. The monoisotopic (exact) mass is 369 g/mol. The molecule has 0 saturated heterocycles. The van der Waals surface area contributed by atoms with Gasteiger partial charge in [-0.25, -0.2) is 9.78 Å². The highest BCUT2D eigenvalue weighted by molar-refractivity contribution is 5.90. The molecular weight excluding hydrogens is 346 g/mol. The quantitative estimate of drug-likeness (QED) is 0.861. The van der Waals surface area contributed by atoms with E-state index in [-0.39, 0.29) is 12.1 Å². The zero-order valence-electron chi connectivity index (χ0n) is 15.3. The van der Waals surface area contributed by atoms with Gasteiger partial charge in [-0.1, -0.05) is 18.9 Å². The highest BCUT2D eigenvalue weighted by atomic mass is 16.6. The Morgan fingerprint density at radius 1 is 1.19 bits per heavy atom. The van der Waals surface area contributed by atoms with Gasteiger partial charge in [0.05, 0.1) is 12.8 Å². The number of anilines is 1. The van der Waals surface area contributed by atoms with Gasteiger partial charge < -0.3 is 24.8 Å². The molecular formula is C20H23N3O4. The molecule has 0 spiro atoms. The Hall–Kier alpha value is -2.96. The molecule has 2 aromatic rings. The van der Waals surface area contributed by atoms with Crippen LogP contribution in [0.15, 0.2) is 30.3 Å². The summed E-state index contributed by atoms with van der Waals surface area (Å²) < 4.78 is 16.8. The van der Waals surface area contributed by atoms with E-state index in [0.29, 0.717) is 42.0 Å². The molecule has 142 valence electrons. The Morgan fingerprint density at radius 3 is 2.81 bits per heavy atom. The van der Waals surface area contributed by atoms with Crippen molar-refractivity contribution >= 4 is 11.7 Å². The van der Waals surface area contributed by atoms with Gasteiger partial charge in [-0.3, -0.25) is 0 Å². The Labute approximate surface area is 158 Å². The number of hydrogen-bond acceptors (Lipinski definition) is 5. The van der Waals surface area contributed by atoms with E-state index in [1.165, 1.54) is 12.8 Å². The number of urea groups is 1. The number of nitrogens with zero attached hydrogens (tertiary/aromatic N) is 1. The second-order valence-corrected chi connectivity index (χ2v) is 6.69. The van der Waals surface area contributed by atoms with Crippen LogP contribution in [-0.2, 0) is 0 Å². The number of para-hydroxylation sites is 1. The van der Waals surface area contributed by atoms with Crippen LogP contribution in [0.25, 0.3) is 11.3 Å². The van der Waals surface area contributed by atoms with Gasteiger partial charge in [0, 0.05) is 23.4 Å². The van der Waals surface area contributed by atoms with E-state index in [0.717, 1.165) is 18.4 Å². The van der Waals surface area contributed by atoms with E-state index in [1.54, 1.807) is 13.2 Å². The number of carbonyl (C=O) groups excluding carboxylic acids is 1. The van der Waals surface area contributed by atoms with Crippen molar-refractivity contribution in [3.05, 3.63) is 30.3 Å². The average molecular weight is 369 g/mol. The number of rotatable bonds is 4. The molecule has 1 saturated carbocycles. The summed E-state index contributed by atoms with van der Waals surface area (Å²) in [5.74, 6) is 1.76. The maximum Gasteiger partial charge on any atom is 0.319 e. The maximum absolute atomic E-state index is 12.3. The Bertz CT molecular complexity index is 834. The van der Waals surface area contributed by atoms with Crippen LogP contribution in [0.2, 0.25) is 0 Å². The SMILES string of the molecule is COc1cc(NC(=O)NC2CCCC2)cc(-c2cccc3c2OCCO3)n1. The minimum absolute atomic E-state index is 0.212. The number of methoxy groups -OCH3 is 1. The fourth-order valence-electron chi connectivity index (χ4n) is 3.52. The molecule has 1 fully saturated rings. The Balaban J connectivity index is 1.60. The molecule has 27 heavy (non-hydrogen) atoms. The largest absolute Gasteiger partial charge is 0.486 e. The molecule has 1 aromatic heterocycles. The van der Waals surface area contributed by atoms with Crippen LogP contribution in [0.5, 0.6) is 17.4 Å². The predicted molar refractivity (Wildman–Crippen MR) is 102 cm³/mol. The highest BCUT2D eigenvalue weighted by Gasteiger charge is 2.20. The number of aromatic nitrogens is 1. The molecule has 7 heteroatoms. The van der Waals surface area contributed by atoms with Crippen molar-refractivity contribution in [2.24, 2.45) is 0 Å². The van der Waals surface area contributed by atoms with Gasteiger partial charge in [-0.05, 0) is 31.0 Å². The van der Waals surface area contributed by atoms with Crippen LogP contribution >= 0.6 is 0 Å². The number of pyridine rings is 1. The number of amides is 2. The van der Waals surface area contributed by atoms with E-state index < -0.39 is 0 Å². The van der Waals surface area contributed by atoms with Gasteiger partial charge in [-0.2, -0.15) is 0 Å². The average Bonchev–Trinajstić information content (AvgIpc) is 3.20. The third-order valence-electron chi connectivity index (χ3n) is 4.80.